The van der Waals surface area contributed by atoms with Crippen molar-refractivity contribution in [1.29, 1.82) is 0 Å². The largest absolute Gasteiger partial charge is 0.455 e. The Morgan fingerprint density at radius 2 is 0.872 bits per heavy atom. The zero-order valence-electron chi connectivity index (χ0n) is 25.2. The van der Waals surface area contributed by atoms with Gasteiger partial charge in [0.25, 0.3) is 0 Å². The smallest absolute Gasteiger partial charge is 0.159 e. The Labute approximate surface area is 268 Å². The van der Waals surface area contributed by atoms with Crippen molar-refractivity contribution in [3.63, 3.8) is 0 Å². The lowest BCUT2D eigenvalue weighted by Crippen LogP contribution is -1.93. The van der Waals surface area contributed by atoms with Gasteiger partial charge in [0.2, 0.25) is 0 Å². The van der Waals surface area contributed by atoms with Gasteiger partial charge in [-0.15, -0.1) is 0 Å². The first-order valence-electron chi connectivity index (χ1n) is 16.0. The Morgan fingerprint density at radius 1 is 0.340 bits per heavy atom. The van der Waals surface area contributed by atoms with Gasteiger partial charge in [-0.1, -0.05) is 115 Å². The first-order chi connectivity index (χ1) is 23.3. The van der Waals surface area contributed by atoms with Crippen LogP contribution in [-0.2, 0) is 0 Å². The maximum Gasteiger partial charge on any atom is 0.159 e. The summed E-state index contributed by atoms with van der Waals surface area (Å²) in [5, 5.41) is 11.7. The molecule has 0 spiro atoms. The van der Waals surface area contributed by atoms with Crippen LogP contribution in [0.4, 0.5) is 0 Å². The zero-order chi connectivity index (χ0) is 30.6. The average molecular weight is 600 g/mol. The van der Waals surface area contributed by atoms with Crippen molar-refractivity contribution in [1.82, 2.24) is 4.57 Å². The highest BCUT2D eigenvalue weighted by Crippen LogP contribution is 2.44. The van der Waals surface area contributed by atoms with Crippen molar-refractivity contribution >= 4 is 87.2 Å². The van der Waals surface area contributed by atoms with Gasteiger partial charge < -0.3 is 13.4 Å². The molecule has 0 aliphatic heterocycles. The molecule has 0 amide bonds. The lowest BCUT2D eigenvalue weighted by Gasteiger charge is -2.11. The summed E-state index contributed by atoms with van der Waals surface area (Å²) in [7, 11) is 0. The van der Waals surface area contributed by atoms with E-state index >= 15 is 0 Å². The second-order valence-corrected chi connectivity index (χ2v) is 12.4. The molecule has 47 heavy (non-hydrogen) atoms. The maximum atomic E-state index is 6.80. The molecule has 0 saturated heterocycles. The highest BCUT2D eigenvalue weighted by Gasteiger charge is 2.20. The van der Waals surface area contributed by atoms with E-state index in [0.717, 1.165) is 66.2 Å². The molecule has 0 N–H and O–H groups in total. The molecule has 0 radical (unpaired) electrons. The highest BCUT2D eigenvalue weighted by atomic mass is 16.3. The standard InChI is InChI=1S/C44H25NO2/c1-2-12-27-26(11-1)23-35(29-14-4-3-13-28(27)29)32-17-9-18-33-36-24-42-37(25-41(36)46-43(32)33)34-19-10-22-40(44(34)47-42)45-38-20-7-5-15-30(38)31-16-6-8-21-39(31)45/h1-25H. The third kappa shape index (κ3) is 3.35. The molecule has 0 unspecified atom stereocenters. The van der Waals surface area contributed by atoms with E-state index in [1.54, 1.807) is 0 Å². The van der Waals surface area contributed by atoms with Gasteiger partial charge in [-0.05, 0) is 63.5 Å². The first-order valence-corrected chi connectivity index (χ1v) is 16.0. The number of para-hydroxylation sites is 4. The molecular weight excluding hydrogens is 574 g/mol. The van der Waals surface area contributed by atoms with Gasteiger partial charge in [0.15, 0.2) is 5.58 Å². The fourth-order valence-electron chi connectivity index (χ4n) is 7.92. The van der Waals surface area contributed by atoms with E-state index < -0.39 is 0 Å². The lowest BCUT2D eigenvalue weighted by atomic mass is 9.92. The number of hydrogen-bond donors (Lipinski definition) is 0. The fraction of sp³-hybridized carbons (Fsp3) is 0. The number of fused-ring (bicyclic) bond motifs is 12. The van der Waals surface area contributed by atoms with Gasteiger partial charge in [0.05, 0.1) is 16.7 Å². The molecule has 3 heterocycles. The number of hydrogen-bond acceptors (Lipinski definition) is 2. The molecule has 3 nitrogen and oxygen atoms in total. The Balaban J connectivity index is 1.17. The van der Waals surface area contributed by atoms with Crippen LogP contribution in [0.5, 0.6) is 0 Å². The molecule has 0 atom stereocenters. The van der Waals surface area contributed by atoms with Crippen molar-refractivity contribution in [3.8, 4) is 16.8 Å². The van der Waals surface area contributed by atoms with Gasteiger partial charge >= 0.3 is 0 Å². The van der Waals surface area contributed by atoms with Crippen LogP contribution in [0.1, 0.15) is 0 Å². The second kappa shape index (κ2) is 9.12. The van der Waals surface area contributed by atoms with Crippen molar-refractivity contribution < 1.29 is 8.83 Å². The molecule has 0 aliphatic carbocycles. The van der Waals surface area contributed by atoms with E-state index in [0.29, 0.717) is 0 Å². The Bertz CT molecular complexity index is 3030. The van der Waals surface area contributed by atoms with E-state index in [1.807, 2.05) is 0 Å². The lowest BCUT2D eigenvalue weighted by molar-refractivity contribution is 0.663. The molecule has 218 valence electrons. The summed E-state index contributed by atoms with van der Waals surface area (Å²) >= 11 is 0. The fourth-order valence-corrected chi connectivity index (χ4v) is 7.92. The van der Waals surface area contributed by atoms with Crippen molar-refractivity contribution in [2.24, 2.45) is 0 Å². The van der Waals surface area contributed by atoms with Crippen LogP contribution in [0.15, 0.2) is 160 Å². The van der Waals surface area contributed by atoms with Crippen LogP contribution in [0, 0.1) is 0 Å². The highest BCUT2D eigenvalue weighted by molar-refractivity contribution is 6.20. The summed E-state index contributed by atoms with van der Waals surface area (Å²) in [4.78, 5) is 0. The third-order valence-corrected chi connectivity index (χ3v) is 9.97. The molecular formula is C44H25NO2. The molecule has 8 aromatic carbocycles. The SMILES string of the molecule is c1ccc2c(c1)cc(-c1cccc3c1oc1cc4c(cc13)oc1c(-n3c5ccccc5c5ccccc53)cccc14)c1ccccc12. The van der Waals surface area contributed by atoms with Crippen LogP contribution in [0.2, 0.25) is 0 Å². The van der Waals surface area contributed by atoms with E-state index in [-0.39, 0.29) is 0 Å². The second-order valence-electron chi connectivity index (χ2n) is 12.4. The average Bonchev–Trinajstić information content (AvgIpc) is 3.79. The monoisotopic (exact) mass is 599 g/mol. The van der Waals surface area contributed by atoms with Gasteiger partial charge in [-0.2, -0.15) is 0 Å². The molecule has 0 aliphatic rings. The predicted molar refractivity (Wildman–Crippen MR) is 196 cm³/mol. The molecule has 0 fully saturated rings. The number of nitrogens with zero attached hydrogens (tertiary/aromatic N) is 1. The topological polar surface area (TPSA) is 31.2 Å². The van der Waals surface area contributed by atoms with Gasteiger partial charge in [0, 0.05) is 37.9 Å². The summed E-state index contributed by atoms with van der Waals surface area (Å²) in [6.07, 6.45) is 0. The molecule has 0 bridgehead atoms. The number of furan rings is 2. The maximum absolute atomic E-state index is 6.80. The number of aromatic nitrogens is 1. The molecule has 3 aromatic heterocycles. The molecule has 11 aromatic rings. The minimum absolute atomic E-state index is 0.852. The Morgan fingerprint density at radius 3 is 1.60 bits per heavy atom. The van der Waals surface area contributed by atoms with E-state index in [4.69, 9.17) is 8.83 Å². The molecule has 3 heteroatoms. The van der Waals surface area contributed by atoms with Crippen molar-refractivity contribution in [2.45, 2.75) is 0 Å². The number of rotatable bonds is 2. The van der Waals surface area contributed by atoms with Crippen LogP contribution >= 0.6 is 0 Å². The van der Waals surface area contributed by atoms with Crippen LogP contribution in [0.3, 0.4) is 0 Å². The summed E-state index contributed by atoms with van der Waals surface area (Å²) in [5.74, 6) is 0. The molecule has 11 rings (SSSR count). The van der Waals surface area contributed by atoms with E-state index in [1.165, 1.54) is 37.9 Å². The van der Waals surface area contributed by atoms with Crippen LogP contribution in [0.25, 0.3) is 104 Å². The zero-order valence-corrected chi connectivity index (χ0v) is 25.2. The van der Waals surface area contributed by atoms with E-state index in [9.17, 15) is 0 Å². The van der Waals surface area contributed by atoms with Crippen molar-refractivity contribution in [3.05, 3.63) is 152 Å². The number of benzene rings is 8. The summed E-state index contributed by atoms with van der Waals surface area (Å²) < 4.78 is 15.9. The van der Waals surface area contributed by atoms with Gasteiger partial charge in [0.1, 0.15) is 16.7 Å². The minimum atomic E-state index is 0.852. The Hall–Kier alpha value is -6.32. The normalized spacial score (nSPS) is 12.3. The summed E-state index contributed by atoms with van der Waals surface area (Å²) in [5.41, 5.74) is 9.10. The summed E-state index contributed by atoms with van der Waals surface area (Å²) in [6.45, 7) is 0. The van der Waals surface area contributed by atoms with Gasteiger partial charge in [-0.3, -0.25) is 0 Å². The van der Waals surface area contributed by atoms with Crippen LogP contribution < -0.4 is 0 Å². The first kappa shape index (κ1) is 24.9. The minimum Gasteiger partial charge on any atom is -0.455 e. The predicted octanol–water partition coefficient (Wildman–Crippen LogP) is 12.6. The van der Waals surface area contributed by atoms with Crippen LogP contribution in [-0.4, -0.2) is 4.57 Å². The quantitative estimate of drug-likeness (QED) is 0.185. The third-order valence-electron chi connectivity index (χ3n) is 9.97. The molecule has 0 saturated carbocycles. The van der Waals surface area contributed by atoms with E-state index in [2.05, 4.69) is 156 Å². The van der Waals surface area contributed by atoms with Gasteiger partial charge in [-0.25, -0.2) is 0 Å². The van der Waals surface area contributed by atoms with Crippen molar-refractivity contribution in [2.75, 3.05) is 0 Å². The summed E-state index contributed by atoms with van der Waals surface area (Å²) in [6, 6.07) is 54.0. The Kier molecular flexibility index (Phi) is 4.84.